The van der Waals surface area contributed by atoms with Crippen molar-refractivity contribution in [3.63, 3.8) is 0 Å². The Kier molecular flexibility index (Phi) is 3.90. The van der Waals surface area contributed by atoms with Crippen LogP contribution in [0.1, 0.15) is 39.5 Å². The van der Waals surface area contributed by atoms with Gasteiger partial charge < -0.3 is 4.79 Å². The molecular weight excluding hydrogens is 184 g/mol. The van der Waals surface area contributed by atoms with Crippen LogP contribution in [0.25, 0.3) is 0 Å². The summed E-state index contributed by atoms with van der Waals surface area (Å²) in [6.07, 6.45) is 7.09. The molecule has 0 N–H and O–H groups in total. The topological polar surface area (TPSA) is 17.1 Å². The van der Waals surface area contributed by atoms with Gasteiger partial charge in [0.2, 0.25) is 0 Å². The van der Waals surface area contributed by atoms with E-state index in [0.29, 0.717) is 18.3 Å². The van der Waals surface area contributed by atoms with Crippen LogP contribution in [-0.4, -0.2) is 6.29 Å². The van der Waals surface area contributed by atoms with E-state index in [4.69, 9.17) is 0 Å². The highest BCUT2D eigenvalue weighted by Crippen LogP contribution is 2.48. The van der Waals surface area contributed by atoms with Gasteiger partial charge in [0.25, 0.3) is 0 Å². The van der Waals surface area contributed by atoms with E-state index in [-0.39, 0.29) is 5.41 Å². The van der Waals surface area contributed by atoms with Crippen molar-refractivity contribution >= 4 is 6.29 Å². The SMILES string of the molecule is C=CC1(CC=O)C[C@H](C(=C)C)CC[C@H]1C. The van der Waals surface area contributed by atoms with Crippen LogP contribution in [0.4, 0.5) is 0 Å². The summed E-state index contributed by atoms with van der Waals surface area (Å²) in [6.45, 7) is 12.3. The lowest BCUT2D eigenvalue weighted by Crippen LogP contribution is -2.34. The van der Waals surface area contributed by atoms with E-state index in [2.05, 4.69) is 27.0 Å². The van der Waals surface area contributed by atoms with Crippen LogP contribution in [0, 0.1) is 17.3 Å². The highest BCUT2D eigenvalue weighted by molar-refractivity contribution is 5.52. The number of rotatable bonds is 4. The molecule has 0 aromatic heterocycles. The van der Waals surface area contributed by atoms with Gasteiger partial charge in [0.05, 0.1) is 0 Å². The van der Waals surface area contributed by atoms with E-state index in [1.165, 1.54) is 18.4 Å². The van der Waals surface area contributed by atoms with Crippen molar-refractivity contribution in [1.82, 2.24) is 0 Å². The van der Waals surface area contributed by atoms with Gasteiger partial charge in [-0.05, 0) is 43.4 Å². The number of hydrogen-bond acceptors (Lipinski definition) is 1. The van der Waals surface area contributed by atoms with E-state index >= 15 is 0 Å². The molecule has 84 valence electrons. The maximum atomic E-state index is 10.8. The molecule has 0 heterocycles. The number of aldehydes is 1. The molecule has 1 fully saturated rings. The zero-order valence-electron chi connectivity index (χ0n) is 9.96. The normalized spacial score (nSPS) is 35.9. The molecule has 15 heavy (non-hydrogen) atoms. The van der Waals surface area contributed by atoms with Crippen LogP contribution in [0.2, 0.25) is 0 Å². The Morgan fingerprint density at radius 1 is 1.53 bits per heavy atom. The molecule has 0 aromatic rings. The van der Waals surface area contributed by atoms with Gasteiger partial charge >= 0.3 is 0 Å². The van der Waals surface area contributed by atoms with Crippen LogP contribution in [0.15, 0.2) is 24.8 Å². The first kappa shape index (κ1) is 12.2. The summed E-state index contributed by atoms with van der Waals surface area (Å²) in [5.41, 5.74) is 1.27. The Morgan fingerprint density at radius 2 is 2.20 bits per heavy atom. The quantitative estimate of drug-likeness (QED) is 0.505. The predicted octanol–water partition coefficient (Wildman–Crippen LogP) is 3.76. The van der Waals surface area contributed by atoms with E-state index in [0.717, 1.165) is 12.7 Å². The first-order chi connectivity index (χ1) is 7.05. The number of allylic oxidation sites excluding steroid dienone is 2. The molecule has 0 radical (unpaired) electrons. The summed E-state index contributed by atoms with van der Waals surface area (Å²) in [5, 5.41) is 0. The fourth-order valence-corrected chi connectivity index (χ4v) is 2.73. The summed E-state index contributed by atoms with van der Waals surface area (Å²) in [7, 11) is 0. The zero-order valence-corrected chi connectivity index (χ0v) is 9.96. The van der Waals surface area contributed by atoms with Crippen LogP contribution < -0.4 is 0 Å². The second kappa shape index (κ2) is 4.78. The molecule has 0 amide bonds. The molecule has 1 heteroatoms. The van der Waals surface area contributed by atoms with Crippen molar-refractivity contribution in [3.8, 4) is 0 Å². The summed E-state index contributed by atoms with van der Waals surface area (Å²) in [4.78, 5) is 10.8. The maximum absolute atomic E-state index is 10.8. The van der Waals surface area contributed by atoms with Gasteiger partial charge in [-0.2, -0.15) is 0 Å². The number of carbonyl (C=O) groups excluding carboxylic acids is 1. The number of hydrogen-bond donors (Lipinski definition) is 0. The lowest BCUT2D eigenvalue weighted by Gasteiger charge is -2.43. The minimum atomic E-state index is 0.0175. The fourth-order valence-electron chi connectivity index (χ4n) is 2.73. The van der Waals surface area contributed by atoms with Crippen molar-refractivity contribution in [2.24, 2.45) is 17.3 Å². The summed E-state index contributed by atoms with van der Waals surface area (Å²) in [6, 6.07) is 0. The van der Waals surface area contributed by atoms with Gasteiger partial charge in [0, 0.05) is 6.42 Å². The third-order valence-corrected chi connectivity index (χ3v) is 4.12. The van der Waals surface area contributed by atoms with Gasteiger partial charge in [-0.25, -0.2) is 0 Å². The van der Waals surface area contributed by atoms with E-state index < -0.39 is 0 Å². The average molecular weight is 206 g/mol. The predicted molar refractivity (Wildman–Crippen MR) is 64.6 cm³/mol. The second-order valence-corrected chi connectivity index (χ2v) is 5.03. The molecule has 1 aliphatic rings. The Bertz CT molecular complexity index is 267. The van der Waals surface area contributed by atoms with Gasteiger partial charge in [0.15, 0.2) is 0 Å². The standard InChI is InChI=1S/C14H22O/c1-5-14(8-9-15)10-13(11(2)3)7-6-12(14)4/h5,9,12-13H,1-2,6-8,10H2,3-4H3/t12-,13-,14?/m1/s1. The van der Waals surface area contributed by atoms with Gasteiger partial charge in [0.1, 0.15) is 6.29 Å². The lowest BCUT2D eigenvalue weighted by molar-refractivity contribution is -0.110. The minimum absolute atomic E-state index is 0.0175. The summed E-state index contributed by atoms with van der Waals surface area (Å²) in [5.74, 6) is 1.13. The monoisotopic (exact) mass is 206 g/mol. The second-order valence-electron chi connectivity index (χ2n) is 5.03. The number of carbonyl (C=O) groups is 1. The van der Waals surface area contributed by atoms with E-state index in [1.54, 1.807) is 0 Å². The molecule has 1 rings (SSSR count). The molecule has 1 aliphatic carbocycles. The molecule has 1 unspecified atom stereocenters. The van der Waals surface area contributed by atoms with Crippen LogP contribution in [0.3, 0.4) is 0 Å². The average Bonchev–Trinajstić information content (AvgIpc) is 2.21. The van der Waals surface area contributed by atoms with E-state index in [1.807, 2.05) is 6.08 Å². The molecule has 0 aliphatic heterocycles. The highest BCUT2D eigenvalue weighted by atomic mass is 16.1. The van der Waals surface area contributed by atoms with Crippen LogP contribution in [-0.2, 0) is 4.79 Å². The van der Waals surface area contributed by atoms with Crippen molar-refractivity contribution in [2.75, 3.05) is 0 Å². The maximum Gasteiger partial charge on any atom is 0.120 e. The smallest absolute Gasteiger partial charge is 0.120 e. The molecular formula is C14H22O. The minimum Gasteiger partial charge on any atom is -0.303 e. The molecule has 0 aromatic carbocycles. The summed E-state index contributed by atoms with van der Waals surface area (Å²) >= 11 is 0. The fraction of sp³-hybridized carbons (Fsp3) is 0.643. The zero-order chi connectivity index (χ0) is 11.5. The Hall–Kier alpha value is -0.850. The molecule has 0 saturated heterocycles. The third-order valence-electron chi connectivity index (χ3n) is 4.12. The van der Waals surface area contributed by atoms with Crippen LogP contribution >= 0.6 is 0 Å². The first-order valence-corrected chi connectivity index (χ1v) is 5.78. The van der Waals surface area contributed by atoms with Gasteiger partial charge in [-0.3, -0.25) is 0 Å². The lowest BCUT2D eigenvalue weighted by atomic mass is 9.61. The molecule has 1 saturated carbocycles. The van der Waals surface area contributed by atoms with E-state index in [9.17, 15) is 4.79 Å². The third kappa shape index (κ3) is 2.39. The first-order valence-electron chi connectivity index (χ1n) is 5.78. The van der Waals surface area contributed by atoms with Crippen LogP contribution in [0.5, 0.6) is 0 Å². The molecule has 3 atom stereocenters. The van der Waals surface area contributed by atoms with Crippen molar-refractivity contribution in [2.45, 2.75) is 39.5 Å². The molecule has 0 spiro atoms. The van der Waals surface area contributed by atoms with Crippen molar-refractivity contribution in [1.29, 1.82) is 0 Å². The van der Waals surface area contributed by atoms with Gasteiger partial charge in [-0.15, -0.1) is 6.58 Å². The Labute approximate surface area is 93.3 Å². The Morgan fingerprint density at radius 3 is 2.67 bits per heavy atom. The molecule has 1 nitrogen and oxygen atoms in total. The van der Waals surface area contributed by atoms with Crippen molar-refractivity contribution < 1.29 is 4.79 Å². The highest BCUT2D eigenvalue weighted by Gasteiger charge is 2.39. The van der Waals surface area contributed by atoms with Crippen molar-refractivity contribution in [3.05, 3.63) is 24.8 Å². The Balaban J connectivity index is 2.86. The molecule has 0 bridgehead atoms. The largest absolute Gasteiger partial charge is 0.303 e. The van der Waals surface area contributed by atoms with Gasteiger partial charge in [-0.1, -0.05) is 25.2 Å². The summed E-state index contributed by atoms with van der Waals surface area (Å²) < 4.78 is 0.